The van der Waals surface area contributed by atoms with Gasteiger partial charge in [-0.1, -0.05) is 0 Å². The Kier molecular flexibility index (Phi) is 6.23. The van der Waals surface area contributed by atoms with Crippen molar-refractivity contribution in [3.63, 3.8) is 0 Å². The molecule has 6 heteroatoms. The van der Waals surface area contributed by atoms with Crippen LogP contribution in [0.3, 0.4) is 0 Å². The molecule has 0 radical (unpaired) electrons. The lowest BCUT2D eigenvalue weighted by molar-refractivity contribution is -0.127. The van der Waals surface area contributed by atoms with Gasteiger partial charge in [-0.3, -0.25) is 10.1 Å². The van der Waals surface area contributed by atoms with E-state index in [-0.39, 0.29) is 18.4 Å². The van der Waals surface area contributed by atoms with Gasteiger partial charge in [-0.15, -0.1) is 0 Å². The summed E-state index contributed by atoms with van der Waals surface area (Å²) in [5.74, 6) is 0.674. The molecule has 1 aliphatic carbocycles. The van der Waals surface area contributed by atoms with Crippen molar-refractivity contribution in [2.45, 2.75) is 39.0 Å². The van der Waals surface area contributed by atoms with Gasteiger partial charge in [-0.25, -0.2) is 0 Å². The largest absolute Gasteiger partial charge is 0.493 e. The lowest BCUT2D eigenvalue weighted by Gasteiger charge is -2.16. The first-order chi connectivity index (χ1) is 11.4. The van der Waals surface area contributed by atoms with Crippen molar-refractivity contribution in [1.29, 1.82) is 0 Å². The van der Waals surface area contributed by atoms with Crippen LogP contribution in [0, 0.1) is 0 Å². The van der Waals surface area contributed by atoms with Gasteiger partial charge in [0.2, 0.25) is 5.91 Å². The SMILES string of the molecule is CC(C)NC(O)CCOc1cc2coccc-2c1CC(=O)N(C)C. The van der Waals surface area contributed by atoms with Crippen molar-refractivity contribution in [2.75, 3.05) is 20.7 Å². The normalized spacial score (nSPS) is 12.6. The Morgan fingerprint density at radius 2 is 2.17 bits per heavy atom. The van der Waals surface area contributed by atoms with Gasteiger partial charge in [0.1, 0.15) is 12.0 Å². The van der Waals surface area contributed by atoms with Crippen LogP contribution in [0.5, 0.6) is 5.75 Å². The maximum absolute atomic E-state index is 12.1. The molecule has 2 aliphatic rings. The number of carbonyl (C=O) groups excluding carboxylic acids is 1. The molecule has 6 nitrogen and oxygen atoms in total. The van der Waals surface area contributed by atoms with E-state index in [4.69, 9.17) is 9.15 Å². The molecular weight excluding hydrogens is 308 g/mol. The first-order valence-electron chi connectivity index (χ1n) is 8.13. The van der Waals surface area contributed by atoms with Gasteiger partial charge in [-0.05, 0) is 31.5 Å². The molecule has 132 valence electrons. The fourth-order valence-corrected chi connectivity index (χ4v) is 2.50. The van der Waals surface area contributed by atoms with Crippen LogP contribution in [-0.4, -0.2) is 48.9 Å². The number of aliphatic hydroxyl groups is 1. The van der Waals surface area contributed by atoms with Gasteiger partial charge in [-0.2, -0.15) is 0 Å². The average Bonchev–Trinajstić information content (AvgIpc) is 2.84. The molecule has 0 fully saturated rings. The molecule has 2 N–H and O–H groups in total. The Morgan fingerprint density at radius 1 is 1.42 bits per heavy atom. The fourth-order valence-electron chi connectivity index (χ4n) is 2.50. The minimum absolute atomic E-state index is 0.00894. The zero-order valence-electron chi connectivity index (χ0n) is 14.7. The van der Waals surface area contributed by atoms with Crippen molar-refractivity contribution in [1.82, 2.24) is 10.2 Å². The molecule has 2 rings (SSSR count). The predicted octanol–water partition coefficient (Wildman–Crippen LogP) is 2.10. The summed E-state index contributed by atoms with van der Waals surface area (Å²) in [5.41, 5.74) is 2.70. The molecule has 1 unspecified atom stereocenters. The Hall–Kier alpha value is -2.05. The van der Waals surface area contributed by atoms with Crippen molar-refractivity contribution in [2.24, 2.45) is 0 Å². The van der Waals surface area contributed by atoms with E-state index < -0.39 is 6.23 Å². The smallest absolute Gasteiger partial charge is 0.226 e. The Labute approximate surface area is 142 Å². The molecule has 0 aromatic rings. The molecule has 24 heavy (non-hydrogen) atoms. The van der Waals surface area contributed by atoms with Crippen LogP contribution in [0.15, 0.2) is 29.1 Å². The van der Waals surface area contributed by atoms with Crippen molar-refractivity contribution in [3.05, 3.63) is 30.2 Å². The molecule has 0 aromatic heterocycles. The lowest BCUT2D eigenvalue weighted by Crippen LogP contribution is -2.35. The summed E-state index contributed by atoms with van der Waals surface area (Å²) < 4.78 is 11.0. The number of likely N-dealkylation sites (N-methyl/N-ethyl adjacent to an activating group) is 1. The lowest BCUT2D eigenvalue weighted by atomic mass is 10.1. The highest BCUT2D eigenvalue weighted by Crippen LogP contribution is 2.37. The average molecular weight is 334 g/mol. The van der Waals surface area contributed by atoms with E-state index in [0.29, 0.717) is 18.8 Å². The van der Waals surface area contributed by atoms with Gasteiger partial charge in [0.25, 0.3) is 0 Å². The number of rotatable bonds is 8. The highest BCUT2D eigenvalue weighted by molar-refractivity contribution is 5.85. The highest BCUT2D eigenvalue weighted by Gasteiger charge is 2.21. The van der Waals surface area contributed by atoms with Crippen LogP contribution in [0.1, 0.15) is 25.8 Å². The van der Waals surface area contributed by atoms with Crippen LogP contribution in [-0.2, 0) is 11.2 Å². The number of amides is 1. The number of aliphatic hydroxyl groups excluding tert-OH is 1. The summed E-state index contributed by atoms with van der Waals surface area (Å²) in [6.07, 6.45) is 3.34. The highest BCUT2D eigenvalue weighted by atomic mass is 16.5. The maximum atomic E-state index is 12.1. The summed E-state index contributed by atoms with van der Waals surface area (Å²) in [5, 5.41) is 12.9. The van der Waals surface area contributed by atoms with Gasteiger partial charge in [0.05, 0.1) is 25.6 Å². The van der Waals surface area contributed by atoms with E-state index in [9.17, 15) is 9.90 Å². The number of fused-ring (bicyclic) bond motifs is 1. The number of nitrogens with one attached hydrogen (secondary N) is 1. The summed E-state index contributed by atoms with van der Waals surface area (Å²) in [6, 6.07) is 3.92. The molecule has 1 aliphatic heterocycles. The number of hydrogen-bond donors (Lipinski definition) is 2. The van der Waals surface area contributed by atoms with Gasteiger partial charge < -0.3 is 19.2 Å². The Bertz CT molecular complexity index is 636. The number of nitrogens with zero attached hydrogens (tertiary/aromatic N) is 1. The zero-order valence-corrected chi connectivity index (χ0v) is 14.7. The topological polar surface area (TPSA) is 74.9 Å². The zero-order chi connectivity index (χ0) is 17.7. The molecular formula is C18H26N2O4. The second-order valence-electron chi connectivity index (χ2n) is 6.35. The maximum Gasteiger partial charge on any atom is 0.226 e. The number of hydrogen-bond acceptors (Lipinski definition) is 5. The third-order valence-electron chi connectivity index (χ3n) is 3.73. The minimum atomic E-state index is -0.615. The summed E-state index contributed by atoms with van der Waals surface area (Å²) in [6.45, 7) is 4.31. The molecule has 0 saturated heterocycles. The van der Waals surface area contributed by atoms with Gasteiger partial charge >= 0.3 is 0 Å². The predicted molar refractivity (Wildman–Crippen MR) is 92.1 cm³/mol. The van der Waals surface area contributed by atoms with E-state index >= 15 is 0 Å². The minimum Gasteiger partial charge on any atom is -0.493 e. The van der Waals surface area contributed by atoms with E-state index in [1.807, 2.05) is 26.0 Å². The van der Waals surface area contributed by atoms with Gasteiger partial charge in [0, 0.05) is 37.7 Å². The monoisotopic (exact) mass is 334 g/mol. The van der Waals surface area contributed by atoms with Crippen LogP contribution in [0.25, 0.3) is 11.1 Å². The molecule has 0 saturated carbocycles. The molecule has 1 amide bonds. The second kappa shape index (κ2) is 8.17. The number of ether oxygens (including phenoxy) is 1. The van der Waals surface area contributed by atoms with Crippen LogP contribution < -0.4 is 10.1 Å². The van der Waals surface area contributed by atoms with Crippen molar-refractivity contribution < 1.29 is 19.1 Å². The molecule has 0 bridgehead atoms. The summed E-state index contributed by atoms with van der Waals surface area (Å²) in [4.78, 5) is 13.7. The van der Waals surface area contributed by atoms with E-state index in [1.54, 1.807) is 31.5 Å². The first kappa shape index (κ1) is 18.3. The first-order valence-corrected chi connectivity index (χ1v) is 8.13. The van der Waals surface area contributed by atoms with Crippen LogP contribution in [0.2, 0.25) is 0 Å². The number of carbonyl (C=O) groups is 1. The summed E-state index contributed by atoms with van der Waals surface area (Å²) >= 11 is 0. The van der Waals surface area contributed by atoms with E-state index in [1.165, 1.54) is 0 Å². The van der Waals surface area contributed by atoms with Crippen molar-refractivity contribution in [3.8, 4) is 16.9 Å². The molecule has 0 aromatic carbocycles. The Balaban J connectivity index is 2.10. The van der Waals surface area contributed by atoms with Crippen LogP contribution in [0.4, 0.5) is 0 Å². The van der Waals surface area contributed by atoms with Crippen LogP contribution >= 0.6 is 0 Å². The molecule has 1 atom stereocenters. The van der Waals surface area contributed by atoms with Gasteiger partial charge in [0.15, 0.2) is 0 Å². The second-order valence-corrected chi connectivity index (χ2v) is 6.35. The molecule has 1 heterocycles. The third-order valence-corrected chi connectivity index (χ3v) is 3.73. The fraction of sp³-hybridized carbons (Fsp3) is 0.500. The molecule has 0 spiro atoms. The van der Waals surface area contributed by atoms with Crippen molar-refractivity contribution >= 4 is 5.91 Å². The van der Waals surface area contributed by atoms with E-state index in [0.717, 1.165) is 16.7 Å². The Morgan fingerprint density at radius 3 is 2.83 bits per heavy atom. The third kappa shape index (κ3) is 4.72. The van der Waals surface area contributed by atoms with E-state index in [2.05, 4.69) is 5.32 Å². The standard InChI is InChI=1S/C18H26N2O4/c1-12(2)19-17(21)6-8-24-16-9-13-11-23-7-5-14(13)15(16)10-18(22)20(3)4/h5,7,9,11-12,17,19,21H,6,8,10H2,1-4H3. The summed E-state index contributed by atoms with van der Waals surface area (Å²) in [7, 11) is 3.47. The quantitative estimate of drug-likeness (QED) is 0.723.